The zero-order chi connectivity index (χ0) is 14.5. The van der Waals surface area contributed by atoms with Crippen LogP contribution in [-0.2, 0) is 9.59 Å². The van der Waals surface area contributed by atoms with Crippen LogP contribution >= 0.6 is 0 Å². The van der Waals surface area contributed by atoms with Crippen LogP contribution < -0.4 is 5.32 Å². The van der Waals surface area contributed by atoms with E-state index in [4.69, 9.17) is 5.11 Å². The molecule has 0 bridgehead atoms. The molecule has 0 aliphatic carbocycles. The van der Waals surface area contributed by atoms with Gasteiger partial charge >= 0.3 is 5.97 Å². The van der Waals surface area contributed by atoms with Gasteiger partial charge in [0, 0.05) is 18.5 Å². The first kappa shape index (κ1) is 16.9. The Bertz CT molecular complexity index is 282. The van der Waals surface area contributed by atoms with Crippen LogP contribution in [0.3, 0.4) is 0 Å². The summed E-state index contributed by atoms with van der Waals surface area (Å²) >= 11 is 0. The molecule has 0 aromatic heterocycles. The highest BCUT2D eigenvalue weighted by Crippen LogP contribution is 2.12. The Morgan fingerprint density at radius 2 is 1.61 bits per heavy atom. The molecule has 0 aromatic rings. The molecule has 0 aliphatic rings. The lowest BCUT2D eigenvalue weighted by Gasteiger charge is -2.28. The summed E-state index contributed by atoms with van der Waals surface area (Å²) < 4.78 is 0. The number of carbonyl (C=O) groups excluding carboxylic acids is 1. The average molecular weight is 258 g/mol. The van der Waals surface area contributed by atoms with Gasteiger partial charge in [-0.15, -0.1) is 0 Å². The molecule has 0 aromatic carbocycles. The summed E-state index contributed by atoms with van der Waals surface area (Å²) in [6.07, 6.45) is 0. The molecule has 3 atom stereocenters. The number of carboxylic acids is 1. The molecule has 2 N–H and O–H groups in total. The average Bonchev–Trinajstić information content (AvgIpc) is 2.25. The van der Waals surface area contributed by atoms with Gasteiger partial charge in [-0.25, -0.2) is 0 Å². The van der Waals surface area contributed by atoms with Gasteiger partial charge in [0.25, 0.3) is 0 Å². The minimum absolute atomic E-state index is 0.197. The van der Waals surface area contributed by atoms with E-state index in [1.165, 1.54) is 0 Å². The van der Waals surface area contributed by atoms with Crippen molar-refractivity contribution in [3.63, 3.8) is 0 Å². The van der Waals surface area contributed by atoms with Gasteiger partial charge in [0.05, 0.1) is 5.92 Å². The largest absolute Gasteiger partial charge is 0.481 e. The van der Waals surface area contributed by atoms with E-state index in [1.54, 1.807) is 13.8 Å². The maximum atomic E-state index is 11.8. The number of rotatable bonds is 7. The van der Waals surface area contributed by atoms with Crippen molar-refractivity contribution in [2.24, 2.45) is 17.8 Å². The third-order valence-corrected chi connectivity index (χ3v) is 3.47. The van der Waals surface area contributed by atoms with E-state index < -0.39 is 17.8 Å². The molecule has 0 radical (unpaired) electrons. The Kier molecular flexibility index (Phi) is 6.91. The molecule has 0 spiro atoms. The van der Waals surface area contributed by atoms with E-state index >= 15 is 0 Å². The number of hydrogen-bond acceptors (Lipinski definition) is 3. The van der Waals surface area contributed by atoms with Crippen molar-refractivity contribution in [3.8, 4) is 0 Å². The molecule has 106 valence electrons. The topological polar surface area (TPSA) is 69.6 Å². The van der Waals surface area contributed by atoms with Gasteiger partial charge in [-0.1, -0.05) is 27.7 Å². The minimum atomic E-state index is -0.939. The summed E-state index contributed by atoms with van der Waals surface area (Å²) in [4.78, 5) is 24.7. The van der Waals surface area contributed by atoms with Crippen LogP contribution in [0.2, 0.25) is 0 Å². The van der Waals surface area contributed by atoms with Crippen molar-refractivity contribution < 1.29 is 14.7 Å². The first-order valence-electron chi connectivity index (χ1n) is 6.35. The zero-order valence-corrected chi connectivity index (χ0v) is 12.2. The number of aliphatic carboxylic acids is 1. The Balaban J connectivity index is 4.36. The summed E-state index contributed by atoms with van der Waals surface area (Å²) in [5.74, 6) is -1.89. The number of likely N-dealkylation sites (N-methyl/N-ethyl adjacent to an activating group) is 1. The number of amides is 1. The molecule has 5 heteroatoms. The molecule has 0 aliphatic heterocycles. The van der Waals surface area contributed by atoms with Crippen LogP contribution in [0.25, 0.3) is 0 Å². The van der Waals surface area contributed by atoms with Crippen molar-refractivity contribution in [1.82, 2.24) is 10.2 Å². The molecule has 0 fully saturated rings. The Morgan fingerprint density at radius 3 is 1.94 bits per heavy atom. The van der Waals surface area contributed by atoms with Crippen molar-refractivity contribution in [2.45, 2.75) is 33.7 Å². The van der Waals surface area contributed by atoms with Gasteiger partial charge in [0.1, 0.15) is 0 Å². The molecule has 0 rings (SSSR count). The maximum Gasteiger partial charge on any atom is 0.307 e. The fraction of sp³-hybridized carbons (Fsp3) is 0.846. The first-order valence-corrected chi connectivity index (χ1v) is 6.35. The Labute approximate surface area is 110 Å². The highest BCUT2D eigenvalue weighted by Gasteiger charge is 2.26. The molecule has 5 nitrogen and oxygen atoms in total. The fourth-order valence-corrected chi connectivity index (χ4v) is 1.82. The third kappa shape index (κ3) is 5.04. The quantitative estimate of drug-likeness (QED) is 0.716. The third-order valence-electron chi connectivity index (χ3n) is 3.47. The van der Waals surface area contributed by atoms with E-state index in [2.05, 4.69) is 24.1 Å². The normalized spacial score (nSPS) is 16.4. The molecule has 18 heavy (non-hydrogen) atoms. The van der Waals surface area contributed by atoms with Gasteiger partial charge in [0.2, 0.25) is 5.91 Å². The molecular weight excluding hydrogens is 232 g/mol. The van der Waals surface area contributed by atoms with Gasteiger partial charge in [-0.2, -0.15) is 0 Å². The number of carboxylic acid groups (broad SMARTS) is 1. The zero-order valence-electron chi connectivity index (χ0n) is 12.2. The van der Waals surface area contributed by atoms with E-state index in [1.807, 2.05) is 14.1 Å². The fourth-order valence-electron chi connectivity index (χ4n) is 1.82. The van der Waals surface area contributed by atoms with Crippen LogP contribution in [0.5, 0.6) is 0 Å². The van der Waals surface area contributed by atoms with Crippen LogP contribution in [-0.4, -0.2) is 48.6 Å². The molecule has 3 unspecified atom stereocenters. The molecular formula is C13H26N2O3. The second-order valence-electron chi connectivity index (χ2n) is 5.44. The van der Waals surface area contributed by atoms with Crippen LogP contribution in [0, 0.1) is 17.8 Å². The van der Waals surface area contributed by atoms with Crippen molar-refractivity contribution in [2.75, 3.05) is 20.6 Å². The van der Waals surface area contributed by atoms with E-state index in [-0.39, 0.29) is 11.9 Å². The standard InChI is InChI=1S/C13H26N2O3/c1-8(2)11(15(5)6)7-14-12(16)9(3)10(4)13(17)18/h8-11H,7H2,1-6H3,(H,14,16)(H,17,18). The predicted octanol–water partition coefficient (Wildman–Crippen LogP) is 1.05. The lowest BCUT2D eigenvalue weighted by molar-refractivity contribution is -0.146. The second-order valence-corrected chi connectivity index (χ2v) is 5.44. The smallest absolute Gasteiger partial charge is 0.307 e. The summed E-state index contributed by atoms with van der Waals surface area (Å²) in [6.45, 7) is 7.94. The summed E-state index contributed by atoms with van der Waals surface area (Å²) in [5, 5.41) is 11.7. The van der Waals surface area contributed by atoms with E-state index in [0.29, 0.717) is 12.5 Å². The van der Waals surface area contributed by atoms with E-state index in [9.17, 15) is 9.59 Å². The minimum Gasteiger partial charge on any atom is -0.481 e. The highest BCUT2D eigenvalue weighted by molar-refractivity contribution is 5.84. The molecule has 1 amide bonds. The molecule has 0 saturated carbocycles. The van der Waals surface area contributed by atoms with E-state index in [0.717, 1.165) is 0 Å². The number of nitrogens with one attached hydrogen (secondary N) is 1. The molecule has 0 saturated heterocycles. The van der Waals surface area contributed by atoms with Gasteiger partial charge in [-0.3, -0.25) is 9.59 Å². The Morgan fingerprint density at radius 1 is 1.11 bits per heavy atom. The van der Waals surface area contributed by atoms with Gasteiger partial charge < -0.3 is 15.3 Å². The van der Waals surface area contributed by atoms with Crippen molar-refractivity contribution in [3.05, 3.63) is 0 Å². The number of carbonyl (C=O) groups is 2. The lowest BCUT2D eigenvalue weighted by Crippen LogP contribution is -2.45. The lowest BCUT2D eigenvalue weighted by atomic mass is 9.95. The van der Waals surface area contributed by atoms with Gasteiger partial charge in [-0.05, 0) is 20.0 Å². The van der Waals surface area contributed by atoms with Gasteiger partial charge in [0.15, 0.2) is 0 Å². The van der Waals surface area contributed by atoms with Crippen molar-refractivity contribution in [1.29, 1.82) is 0 Å². The summed E-state index contributed by atoms with van der Waals surface area (Å²) in [7, 11) is 3.94. The monoisotopic (exact) mass is 258 g/mol. The summed E-state index contributed by atoms with van der Waals surface area (Å²) in [5.41, 5.74) is 0. The van der Waals surface area contributed by atoms with Crippen LogP contribution in [0.4, 0.5) is 0 Å². The first-order chi connectivity index (χ1) is 8.18. The number of nitrogens with zero attached hydrogens (tertiary/aromatic N) is 1. The Hall–Kier alpha value is -1.10. The van der Waals surface area contributed by atoms with Crippen molar-refractivity contribution >= 4 is 11.9 Å². The van der Waals surface area contributed by atoms with Crippen LogP contribution in [0.1, 0.15) is 27.7 Å². The van der Waals surface area contributed by atoms with Crippen LogP contribution in [0.15, 0.2) is 0 Å². The number of hydrogen-bond donors (Lipinski definition) is 2. The predicted molar refractivity (Wildman–Crippen MR) is 71.3 cm³/mol. The highest BCUT2D eigenvalue weighted by atomic mass is 16.4. The SMILES string of the molecule is CC(C)C(CNC(=O)C(C)C(C)C(=O)O)N(C)C. The summed E-state index contributed by atoms with van der Waals surface area (Å²) in [6, 6.07) is 0.251. The molecule has 0 heterocycles. The second kappa shape index (κ2) is 7.36. The maximum absolute atomic E-state index is 11.8.